The molecule has 220 valence electrons. The van der Waals surface area contributed by atoms with Crippen molar-refractivity contribution in [3.63, 3.8) is 0 Å². The van der Waals surface area contributed by atoms with Gasteiger partial charge in [0.2, 0.25) is 0 Å². The molecular formula is C30H28F2N8O3. The molecule has 1 fully saturated rings. The lowest BCUT2D eigenvalue weighted by Gasteiger charge is -2.44. The first-order valence-electron chi connectivity index (χ1n) is 13.5. The van der Waals surface area contributed by atoms with Crippen molar-refractivity contribution in [2.24, 2.45) is 0 Å². The maximum Gasteiger partial charge on any atom is 0.407 e. The largest absolute Gasteiger partial charge is 0.453 e. The first-order valence-corrected chi connectivity index (χ1v) is 13.5. The van der Waals surface area contributed by atoms with Crippen molar-refractivity contribution in [3.05, 3.63) is 102 Å². The minimum atomic E-state index is -1.24. The molecule has 4 N–H and O–H groups in total. The van der Waals surface area contributed by atoms with Gasteiger partial charge in [-0.2, -0.15) is 0 Å². The quantitative estimate of drug-likeness (QED) is 0.269. The number of alkyl carbamates (subject to hydrolysis) is 1. The van der Waals surface area contributed by atoms with Crippen molar-refractivity contribution in [2.45, 2.75) is 24.5 Å². The molecule has 6 rings (SSSR count). The third kappa shape index (κ3) is 5.18. The number of aromatic nitrogens is 5. The van der Waals surface area contributed by atoms with Crippen LogP contribution in [-0.4, -0.2) is 55.7 Å². The van der Waals surface area contributed by atoms with Gasteiger partial charge >= 0.3 is 6.09 Å². The van der Waals surface area contributed by atoms with Gasteiger partial charge in [-0.25, -0.2) is 23.5 Å². The second-order valence-electron chi connectivity index (χ2n) is 10.3. The molecule has 11 nitrogen and oxygen atoms in total. The van der Waals surface area contributed by atoms with Crippen LogP contribution in [0.2, 0.25) is 0 Å². The Kier molecular flexibility index (Phi) is 7.32. The summed E-state index contributed by atoms with van der Waals surface area (Å²) in [6.07, 6.45) is 7.31. The summed E-state index contributed by atoms with van der Waals surface area (Å²) in [6.45, 7) is 0.864. The molecule has 0 spiro atoms. The highest BCUT2D eigenvalue weighted by Gasteiger charge is 2.41. The summed E-state index contributed by atoms with van der Waals surface area (Å²) >= 11 is 0. The number of nitrogens with one attached hydrogen (secondary N) is 1. The Morgan fingerprint density at radius 3 is 2.72 bits per heavy atom. The Morgan fingerprint density at radius 1 is 1.09 bits per heavy atom. The SMILES string of the molecule is COC(=O)NC1(c2ccccn2)CCCN(c2cnc(-c3ccc(F)c(F)c3)cc2C(O)c2cnc3c(N)nccn23)C1. The van der Waals surface area contributed by atoms with E-state index in [9.17, 15) is 18.7 Å². The summed E-state index contributed by atoms with van der Waals surface area (Å²) < 4.78 is 34.5. The van der Waals surface area contributed by atoms with Crippen LogP contribution in [0.5, 0.6) is 0 Å². The van der Waals surface area contributed by atoms with Crippen LogP contribution < -0.4 is 16.0 Å². The smallest absolute Gasteiger partial charge is 0.407 e. The molecule has 0 saturated carbocycles. The number of imidazole rings is 1. The monoisotopic (exact) mass is 586 g/mol. The number of hydrogen-bond acceptors (Lipinski definition) is 9. The topological polar surface area (TPSA) is 144 Å². The fourth-order valence-corrected chi connectivity index (χ4v) is 5.61. The van der Waals surface area contributed by atoms with E-state index in [1.807, 2.05) is 17.0 Å². The molecule has 2 unspecified atom stereocenters. The van der Waals surface area contributed by atoms with Gasteiger partial charge in [-0.1, -0.05) is 6.07 Å². The van der Waals surface area contributed by atoms with E-state index in [1.54, 1.807) is 35.1 Å². The summed E-state index contributed by atoms with van der Waals surface area (Å²) in [4.78, 5) is 32.0. The normalized spacial score (nSPS) is 17.5. The van der Waals surface area contributed by atoms with E-state index in [0.717, 1.165) is 12.1 Å². The molecule has 1 aliphatic rings. The second kappa shape index (κ2) is 11.2. The van der Waals surface area contributed by atoms with Crippen molar-refractivity contribution in [1.82, 2.24) is 29.7 Å². The predicted molar refractivity (Wildman–Crippen MR) is 154 cm³/mol. The zero-order valence-electron chi connectivity index (χ0n) is 23.1. The summed E-state index contributed by atoms with van der Waals surface area (Å²) in [7, 11) is 1.30. The number of rotatable bonds is 6. The van der Waals surface area contributed by atoms with Gasteiger partial charge in [0.25, 0.3) is 0 Å². The molecule has 1 aliphatic heterocycles. The Labute approximate surface area is 245 Å². The lowest BCUT2D eigenvalue weighted by Crippen LogP contribution is -2.57. The molecule has 2 atom stereocenters. The summed E-state index contributed by atoms with van der Waals surface area (Å²) in [6, 6.07) is 10.6. The van der Waals surface area contributed by atoms with Gasteiger partial charge in [0.1, 0.15) is 11.6 Å². The van der Waals surface area contributed by atoms with Crippen LogP contribution in [0.15, 0.2) is 73.4 Å². The van der Waals surface area contributed by atoms with Crippen LogP contribution in [0.4, 0.5) is 25.1 Å². The number of piperidine rings is 1. The van der Waals surface area contributed by atoms with Gasteiger partial charge in [0, 0.05) is 42.8 Å². The number of amides is 1. The third-order valence-corrected chi connectivity index (χ3v) is 7.70. The molecule has 0 radical (unpaired) electrons. The van der Waals surface area contributed by atoms with Gasteiger partial charge in [0.15, 0.2) is 23.1 Å². The lowest BCUT2D eigenvalue weighted by atomic mass is 9.84. The number of benzene rings is 1. The number of nitrogens with two attached hydrogens (primary N) is 1. The Balaban J connectivity index is 1.48. The fourth-order valence-electron chi connectivity index (χ4n) is 5.61. The van der Waals surface area contributed by atoms with Crippen molar-refractivity contribution >= 4 is 23.2 Å². The van der Waals surface area contributed by atoms with Gasteiger partial charge in [-0.05, 0) is 49.2 Å². The third-order valence-electron chi connectivity index (χ3n) is 7.70. The van der Waals surface area contributed by atoms with E-state index in [2.05, 4.69) is 25.3 Å². The van der Waals surface area contributed by atoms with Crippen LogP contribution in [0.1, 0.15) is 35.9 Å². The van der Waals surface area contributed by atoms with Crippen molar-refractivity contribution < 1.29 is 23.4 Å². The second-order valence-corrected chi connectivity index (χ2v) is 10.3. The number of hydrogen-bond donors (Lipinski definition) is 3. The molecule has 43 heavy (non-hydrogen) atoms. The van der Waals surface area contributed by atoms with E-state index < -0.39 is 29.4 Å². The first-order chi connectivity index (χ1) is 20.8. The average molecular weight is 587 g/mol. The molecule has 0 aliphatic carbocycles. The minimum Gasteiger partial charge on any atom is -0.453 e. The number of ether oxygens (including phenoxy) is 1. The maximum atomic E-state index is 14.2. The van der Waals surface area contributed by atoms with Crippen LogP contribution in [0, 0.1) is 11.6 Å². The Bertz CT molecular complexity index is 1800. The number of pyridine rings is 2. The van der Waals surface area contributed by atoms with Gasteiger partial charge in [-0.15, -0.1) is 0 Å². The van der Waals surface area contributed by atoms with Crippen molar-refractivity contribution in [2.75, 3.05) is 30.8 Å². The molecule has 1 amide bonds. The molecule has 1 saturated heterocycles. The van der Waals surface area contributed by atoms with E-state index in [4.69, 9.17) is 10.5 Å². The fraction of sp³-hybridized carbons (Fsp3) is 0.233. The Morgan fingerprint density at radius 2 is 1.95 bits per heavy atom. The number of fused-ring (bicyclic) bond motifs is 1. The van der Waals surface area contributed by atoms with Gasteiger partial charge in [0.05, 0.1) is 42.3 Å². The number of methoxy groups -OCH3 is 1. The zero-order chi connectivity index (χ0) is 30.1. The van der Waals surface area contributed by atoms with Crippen LogP contribution in [0.3, 0.4) is 0 Å². The molecule has 5 heterocycles. The summed E-state index contributed by atoms with van der Waals surface area (Å²) in [5.41, 5.74) is 8.21. The molecular weight excluding hydrogens is 558 g/mol. The summed E-state index contributed by atoms with van der Waals surface area (Å²) in [5.74, 6) is -1.79. The lowest BCUT2D eigenvalue weighted by molar-refractivity contribution is 0.148. The van der Waals surface area contributed by atoms with Crippen LogP contribution in [0.25, 0.3) is 16.9 Å². The van der Waals surface area contributed by atoms with Crippen LogP contribution >= 0.6 is 0 Å². The molecule has 13 heteroatoms. The number of anilines is 2. The average Bonchev–Trinajstić information content (AvgIpc) is 3.48. The number of aliphatic hydroxyl groups excluding tert-OH is 1. The zero-order valence-corrected chi connectivity index (χ0v) is 23.1. The molecule has 1 aromatic carbocycles. The highest BCUT2D eigenvalue weighted by Crippen LogP contribution is 2.39. The number of nitrogen functional groups attached to an aromatic ring is 1. The van der Waals surface area contributed by atoms with E-state index in [0.29, 0.717) is 58.9 Å². The molecule has 0 bridgehead atoms. The van der Waals surface area contributed by atoms with Crippen molar-refractivity contribution in [3.8, 4) is 11.3 Å². The molecule has 5 aromatic rings. The highest BCUT2D eigenvalue weighted by atomic mass is 19.2. The first kappa shape index (κ1) is 28.0. The summed E-state index contributed by atoms with van der Waals surface area (Å²) in [5, 5.41) is 14.9. The van der Waals surface area contributed by atoms with Crippen LogP contribution in [-0.2, 0) is 10.3 Å². The minimum absolute atomic E-state index is 0.198. The van der Waals surface area contributed by atoms with Crippen molar-refractivity contribution in [1.29, 1.82) is 0 Å². The highest BCUT2D eigenvalue weighted by molar-refractivity contribution is 5.70. The van der Waals surface area contributed by atoms with Gasteiger partial charge in [-0.3, -0.25) is 14.4 Å². The standard InChI is InChI=1S/C30H28F2N8O3/c1-43-29(42)38-30(25-5-2-3-9-34-25)8-4-11-39(17-30)23-15-36-22(18-6-7-20(31)21(32)13-18)14-19(23)26(41)24-16-37-28-27(33)35-10-12-40(24)28/h2-3,5-7,9-10,12-16,26,41H,4,8,11,17H2,1H3,(H2,33,35)(H,38,42). The van der Waals surface area contributed by atoms with E-state index in [1.165, 1.54) is 25.6 Å². The van der Waals surface area contributed by atoms with Gasteiger partial charge < -0.3 is 25.8 Å². The van der Waals surface area contributed by atoms with E-state index >= 15 is 0 Å². The number of carbonyl (C=O) groups is 1. The number of carbonyl (C=O) groups excluding carboxylic acids is 1. The van der Waals surface area contributed by atoms with E-state index in [-0.39, 0.29) is 12.4 Å². The Hall–Kier alpha value is -5.17. The number of halogens is 2. The number of nitrogens with zero attached hydrogens (tertiary/aromatic N) is 6. The number of aliphatic hydroxyl groups is 1. The maximum absolute atomic E-state index is 14.2. The predicted octanol–water partition coefficient (Wildman–Crippen LogP) is 3.98. The molecule has 4 aromatic heterocycles.